The standard InChI is InChI=1S/C13H15N3O2/c1-9(2)18-11-5-3-10(4-6-11)12-7-16(8-14)13(17)15-12/h3-6,9,12H,7H2,1-2H3,(H,15,17). The van der Waals surface area contributed by atoms with Gasteiger partial charge in [0.15, 0.2) is 6.19 Å². The molecule has 1 N–H and O–H groups in total. The predicted octanol–water partition coefficient (Wildman–Crippen LogP) is 2.02. The first-order valence-corrected chi connectivity index (χ1v) is 5.84. The monoisotopic (exact) mass is 245 g/mol. The molecule has 1 heterocycles. The van der Waals surface area contributed by atoms with Crippen LogP contribution >= 0.6 is 0 Å². The van der Waals surface area contributed by atoms with Gasteiger partial charge in [0.25, 0.3) is 0 Å². The number of carbonyl (C=O) groups is 1. The lowest BCUT2D eigenvalue weighted by molar-refractivity contribution is 0.232. The fourth-order valence-electron chi connectivity index (χ4n) is 1.86. The van der Waals surface area contributed by atoms with E-state index in [4.69, 9.17) is 10.00 Å². The maximum absolute atomic E-state index is 11.4. The number of ether oxygens (including phenoxy) is 1. The Balaban J connectivity index is 2.07. The first kappa shape index (κ1) is 12.2. The highest BCUT2D eigenvalue weighted by Crippen LogP contribution is 2.22. The molecular weight excluding hydrogens is 230 g/mol. The van der Waals surface area contributed by atoms with Gasteiger partial charge in [-0.2, -0.15) is 5.26 Å². The molecule has 1 unspecified atom stereocenters. The second-order valence-corrected chi connectivity index (χ2v) is 4.45. The number of hydrogen-bond acceptors (Lipinski definition) is 3. The summed E-state index contributed by atoms with van der Waals surface area (Å²) in [7, 11) is 0. The molecular formula is C13H15N3O2. The van der Waals surface area contributed by atoms with Crippen LogP contribution in [0, 0.1) is 11.5 Å². The molecule has 1 fully saturated rings. The van der Waals surface area contributed by atoms with Crippen LogP contribution in [0.5, 0.6) is 5.75 Å². The highest BCUT2D eigenvalue weighted by Gasteiger charge is 2.29. The smallest absolute Gasteiger partial charge is 0.331 e. The summed E-state index contributed by atoms with van der Waals surface area (Å²) in [6.45, 7) is 4.31. The predicted molar refractivity (Wildman–Crippen MR) is 65.8 cm³/mol. The number of nitriles is 1. The molecule has 0 aromatic heterocycles. The molecule has 1 saturated heterocycles. The summed E-state index contributed by atoms with van der Waals surface area (Å²) < 4.78 is 5.55. The molecule has 1 atom stereocenters. The minimum absolute atomic E-state index is 0.134. The first-order valence-electron chi connectivity index (χ1n) is 5.84. The van der Waals surface area contributed by atoms with E-state index < -0.39 is 0 Å². The van der Waals surface area contributed by atoms with E-state index in [2.05, 4.69) is 5.32 Å². The summed E-state index contributed by atoms with van der Waals surface area (Å²) in [5, 5.41) is 11.5. The molecule has 0 radical (unpaired) electrons. The second-order valence-electron chi connectivity index (χ2n) is 4.45. The molecule has 2 amide bonds. The van der Waals surface area contributed by atoms with Gasteiger partial charge in [0, 0.05) is 0 Å². The Hall–Kier alpha value is -2.22. The average Bonchev–Trinajstić information content (AvgIpc) is 2.71. The van der Waals surface area contributed by atoms with E-state index in [1.54, 1.807) is 0 Å². The van der Waals surface area contributed by atoms with Gasteiger partial charge < -0.3 is 10.1 Å². The Bertz CT molecular complexity index is 476. The van der Waals surface area contributed by atoms with Gasteiger partial charge in [-0.15, -0.1) is 0 Å². The van der Waals surface area contributed by atoms with Crippen LogP contribution < -0.4 is 10.1 Å². The van der Waals surface area contributed by atoms with E-state index in [0.717, 1.165) is 16.2 Å². The summed E-state index contributed by atoms with van der Waals surface area (Å²) in [5.41, 5.74) is 0.970. The largest absolute Gasteiger partial charge is 0.491 e. The van der Waals surface area contributed by atoms with Gasteiger partial charge in [0.1, 0.15) is 5.75 Å². The van der Waals surface area contributed by atoms with Crippen molar-refractivity contribution in [3.05, 3.63) is 29.8 Å². The molecule has 0 aliphatic carbocycles. The number of hydrogen-bond donors (Lipinski definition) is 1. The van der Waals surface area contributed by atoms with E-state index in [0.29, 0.717) is 6.54 Å². The van der Waals surface area contributed by atoms with Crippen LogP contribution in [0.15, 0.2) is 24.3 Å². The number of rotatable bonds is 3. The molecule has 94 valence electrons. The number of urea groups is 1. The number of amides is 2. The zero-order valence-electron chi connectivity index (χ0n) is 10.4. The second kappa shape index (κ2) is 4.96. The van der Waals surface area contributed by atoms with Crippen molar-refractivity contribution in [1.29, 1.82) is 5.26 Å². The first-order chi connectivity index (χ1) is 8.60. The van der Waals surface area contributed by atoms with Crippen LogP contribution in [0.25, 0.3) is 0 Å². The van der Waals surface area contributed by atoms with Crippen molar-refractivity contribution in [1.82, 2.24) is 10.2 Å². The number of benzene rings is 1. The zero-order chi connectivity index (χ0) is 13.1. The molecule has 5 heteroatoms. The van der Waals surface area contributed by atoms with Gasteiger partial charge in [-0.1, -0.05) is 12.1 Å². The Morgan fingerprint density at radius 1 is 1.44 bits per heavy atom. The van der Waals surface area contributed by atoms with E-state index in [-0.39, 0.29) is 18.2 Å². The highest BCUT2D eigenvalue weighted by molar-refractivity contribution is 5.78. The third-order valence-corrected chi connectivity index (χ3v) is 2.68. The lowest BCUT2D eigenvalue weighted by atomic mass is 10.1. The van der Waals surface area contributed by atoms with Crippen molar-refractivity contribution in [2.24, 2.45) is 0 Å². The number of carbonyl (C=O) groups excluding carboxylic acids is 1. The molecule has 0 spiro atoms. The number of nitrogens with zero attached hydrogens (tertiary/aromatic N) is 2. The van der Waals surface area contributed by atoms with Crippen molar-refractivity contribution >= 4 is 6.03 Å². The molecule has 0 saturated carbocycles. The SMILES string of the molecule is CC(C)Oc1ccc(C2CN(C#N)C(=O)N2)cc1. The molecule has 5 nitrogen and oxygen atoms in total. The molecule has 0 bridgehead atoms. The Labute approximate surface area is 106 Å². The lowest BCUT2D eigenvalue weighted by Gasteiger charge is -2.12. The average molecular weight is 245 g/mol. The molecule has 2 rings (SSSR count). The van der Waals surface area contributed by atoms with Crippen molar-refractivity contribution < 1.29 is 9.53 Å². The van der Waals surface area contributed by atoms with Gasteiger partial charge >= 0.3 is 6.03 Å². The van der Waals surface area contributed by atoms with Gasteiger partial charge in [0.2, 0.25) is 0 Å². The fourth-order valence-corrected chi connectivity index (χ4v) is 1.86. The van der Waals surface area contributed by atoms with Crippen LogP contribution in [0.4, 0.5) is 4.79 Å². The van der Waals surface area contributed by atoms with E-state index in [9.17, 15) is 4.79 Å². The van der Waals surface area contributed by atoms with Crippen LogP contribution in [0.1, 0.15) is 25.5 Å². The van der Waals surface area contributed by atoms with Crippen molar-refractivity contribution in [2.45, 2.75) is 26.0 Å². The topological polar surface area (TPSA) is 65.4 Å². The fraction of sp³-hybridized carbons (Fsp3) is 0.385. The van der Waals surface area contributed by atoms with Crippen molar-refractivity contribution in [3.8, 4) is 11.9 Å². The maximum atomic E-state index is 11.4. The number of nitrogens with one attached hydrogen (secondary N) is 1. The highest BCUT2D eigenvalue weighted by atomic mass is 16.5. The van der Waals surface area contributed by atoms with Gasteiger partial charge in [-0.05, 0) is 31.5 Å². The third-order valence-electron chi connectivity index (χ3n) is 2.68. The lowest BCUT2D eigenvalue weighted by Crippen LogP contribution is -2.23. The van der Waals surface area contributed by atoms with Crippen LogP contribution in [0.3, 0.4) is 0 Å². The summed E-state index contributed by atoms with van der Waals surface area (Å²) >= 11 is 0. The molecule has 1 aromatic rings. The maximum Gasteiger partial charge on any atom is 0.331 e. The molecule has 18 heavy (non-hydrogen) atoms. The van der Waals surface area contributed by atoms with E-state index in [1.807, 2.05) is 44.3 Å². The van der Waals surface area contributed by atoms with E-state index in [1.165, 1.54) is 0 Å². The zero-order valence-corrected chi connectivity index (χ0v) is 10.4. The van der Waals surface area contributed by atoms with Gasteiger partial charge in [-0.3, -0.25) is 0 Å². The van der Waals surface area contributed by atoms with Gasteiger partial charge in [0.05, 0.1) is 18.7 Å². The summed E-state index contributed by atoms with van der Waals surface area (Å²) in [6.07, 6.45) is 1.98. The van der Waals surface area contributed by atoms with E-state index >= 15 is 0 Å². The summed E-state index contributed by atoms with van der Waals surface area (Å²) in [6, 6.07) is 7.08. The summed E-state index contributed by atoms with van der Waals surface area (Å²) in [5.74, 6) is 0.801. The normalized spacial score (nSPS) is 18.7. The van der Waals surface area contributed by atoms with Crippen molar-refractivity contribution in [3.63, 3.8) is 0 Å². The molecule has 1 aromatic carbocycles. The Kier molecular flexibility index (Phi) is 3.38. The van der Waals surface area contributed by atoms with Crippen LogP contribution in [0.2, 0.25) is 0 Å². The summed E-state index contributed by atoms with van der Waals surface area (Å²) in [4.78, 5) is 12.5. The molecule has 1 aliphatic heterocycles. The van der Waals surface area contributed by atoms with Gasteiger partial charge in [-0.25, -0.2) is 9.69 Å². The molecule has 1 aliphatic rings. The van der Waals surface area contributed by atoms with Crippen LogP contribution in [-0.2, 0) is 0 Å². The Morgan fingerprint density at radius 3 is 2.61 bits per heavy atom. The quantitative estimate of drug-likeness (QED) is 0.828. The minimum Gasteiger partial charge on any atom is -0.491 e. The Morgan fingerprint density at radius 2 is 2.11 bits per heavy atom. The third kappa shape index (κ3) is 2.54. The van der Waals surface area contributed by atoms with Crippen LogP contribution in [-0.4, -0.2) is 23.6 Å². The minimum atomic E-state index is -0.343. The van der Waals surface area contributed by atoms with Crippen molar-refractivity contribution in [2.75, 3.05) is 6.54 Å².